The molecule has 3 nitrogen and oxygen atoms in total. The Bertz CT molecular complexity index is 565. The Morgan fingerprint density at radius 2 is 2.10 bits per heavy atom. The van der Waals surface area contributed by atoms with Gasteiger partial charge in [0.05, 0.1) is 17.0 Å². The summed E-state index contributed by atoms with van der Waals surface area (Å²) in [4.78, 5) is 4.82. The third kappa shape index (κ3) is 3.95. The van der Waals surface area contributed by atoms with Gasteiger partial charge in [-0.1, -0.05) is 34.6 Å². The van der Waals surface area contributed by atoms with E-state index in [0.717, 1.165) is 25.1 Å². The Hall–Kier alpha value is -1.13. The van der Waals surface area contributed by atoms with Crippen LogP contribution in [0.4, 0.5) is 0 Å². The molecule has 116 valence electrons. The van der Waals surface area contributed by atoms with Gasteiger partial charge in [-0.25, -0.2) is 4.98 Å². The van der Waals surface area contributed by atoms with Crippen LogP contribution in [0.15, 0.2) is 22.1 Å². The van der Waals surface area contributed by atoms with Crippen LogP contribution in [0.2, 0.25) is 0 Å². The first-order valence-electron chi connectivity index (χ1n) is 7.70. The monoisotopic (exact) mass is 306 g/mol. The number of furan rings is 1. The summed E-state index contributed by atoms with van der Waals surface area (Å²) in [7, 11) is 0. The van der Waals surface area contributed by atoms with E-state index >= 15 is 0 Å². The highest BCUT2D eigenvalue weighted by atomic mass is 32.1. The summed E-state index contributed by atoms with van der Waals surface area (Å²) in [6.07, 6.45) is 3.64. The Morgan fingerprint density at radius 3 is 2.67 bits per heavy atom. The Balaban J connectivity index is 2.19. The molecule has 2 aromatic heterocycles. The van der Waals surface area contributed by atoms with Gasteiger partial charge in [-0.2, -0.15) is 0 Å². The van der Waals surface area contributed by atoms with Crippen LogP contribution in [-0.2, 0) is 18.3 Å². The molecule has 0 bridgehead atoms. The van der Waals surface area contributed by atoms with Crippen LogP contribution in [-0.4, -0.2) is 11.5 Å². The number of thiazole rings is 1. The summed E-state index contributed by atoms with van der Waals surface area (Å²) in [6.45, 7) is 11.8. The fraction of sp³-hybridized carbons (Fsp3) is 0.588. The number of nitrogens with one attached hydrogen (secondary N) is 1. The molecule has 0 aliphatic heterocycles. The summed E-state index contributed by atoms with van der Waals surface area (Å²) < 4.78 is 5.58. The van der Waals surface area contributed by atoms with E-state index in [4.69, 9.17) is 9.40 Å². The number of hydrogen-bond acceptors (Lipinski definition) is 4. The average molecular weight is 306 g/mol. The minimum atomic E-state index is 0.118. The van der Waals surface area contributed by atoms with Gasteiger partial charge in [0, 0.05) is 35.2 Å². The Kier molecular flexibility index (Phi) is 5.22. The molecular formula is C17H26N2OS. The van der Waals surface area contributed by atoms with E-state index in [0.29, 0.717) is 0 Å². The zero-order valence-corrected chi connectivity index (χ0v) is 14.5. The van der Waals surface area contributed by atoms with Gasteiger partial charge in [-0.3, -0.25) is 0 Å². The molecular weight excluding hydrogens is 280 g/mol. The molecule has 2 heterocycles. The molecule has 0 aliphatic carbocycles. The maximum absolute atomic E-state index is 5.58. The van der Waals surface area contributed by atoms with E-state index < -0.39 is 0 Å². The van der Waals surface area contributed by atoms with Crippen LogP contribution in [0.25, 0.3) is 0 Å². The summed E-state index contributed by atoms with van der Waals surface area (Å²) in [5.41, 5.74) is 2.57. The second-order valence-electron chi connectivity index (χ2n) is 6.34. The van der Waals surface area contributed by atoms with E-state index in [-0.39, 0.29) is 11.5 Å². The topological polar surface area (TPSA) is 38.1 Å². The van der Waals surface area contributed by atoms with E-state index in [1.165, 1.54) is 16.3 Å². The number of aromatic nitrogens is 1. The Labute approximate surface area is 131 Å². The molecule has 0 aliphatic rings. The largest absolute Gasteiger partial charge is 0.469 e. The van der Waals surface area contributed by atoms with Crippen LogP contribution in [0, 0.1) is 0 Å². The number of rotatable bonds is 6. The van der Waals surface area contributed by atoms with Crippen molar-refractivity contribution in [2.24, 2.45) is 0 Å². The molecule has 0 amide bonds. The van der Waals surface area contributed by atoms with Crippen molar-refractivity contribution < 1.29 is 4.42 Å². The molecule has 0 saturated heterocycles. The molecule has 0 aromatic carbocycles. The third-order valence-electron chi connectivity index (χ3n) is 3.63. The number of nitrogens with zero attached hydrogens (tertiary/aromatic N) is 1. The number of likely N-dealkylation sites (N-methyl/N-ethyl adjacent to an activating group) is 1. The molecule has 0 saturated carbocycles. The first kappa shape index (κ1) is 16.2. The first-order chi connectivity index (χ1) is 9.95. The lowest BCUT2D eigenvalue weighted by molar-refractivity contribution is 0.486. The highest BCUT2D eigenvalue weighted by Gasteiger charge is 2.21. The van der Waals surface area contributed by atoms with Gasteiger partial charge in [0.1, 0.15) is 5.76 Å². The standard InChI is InChI=1S/C17H26N2OS/c1-6-14-12(8-9-20-14)13(18-7-2)10-16-19-15(11-21-16)17(3,4)5/h8-9,11,13,18H,6-7,10H2,1-5H3. The lowest BCUT2D eigenvalue weighted by Crippen LogP contribution is -2.23. The maximum atomic E-state index is 5.58. The third-order valence-corrected chi connectivity index (χ3v) is 4.50. The van der Waals surface area contributed by atoms with Crippen LogP contribution in [0.1, 0.15) is 62.7 Å². The predicted octanol–water partition coefficient (Wildman–Crippen LogP) is 4.49. The van der Waals surface area contributed by atoms with Crippen LogP contribution in [0.5, 0.6) is 0 Å². The smallest absolute Gasteiger partial charge is 0.108 e. The van der Waals surface area contributed by atoms with Crippen molar-refractivity contribution in [1.82, 2.24) is 10.3 Å². The maximum Gasteiger partial charge on any atom is 0.108 e. The van der Waals surface area contributed by atoms with Crippen LogP contribution >= 0.6 is 11.3 Å². The fourth-order valence-corrected chi connectivity index (χ4v) is 3.48. The normalized spacial score (nSPS) is 13.6. The van der Waals surface area contributed by atoms with Gasteiger partial charge >= 0.3 is 0 Å². The van der Waals surface area contributed by atoms with Gasteiger partial charge in [0.15, 0.2) is 0 Å². The summed E-state index contributed by atoms with van der Waals surface area (Å²) in [6, 6.07) is 2.37. The number of aryl methyl sites for hydroxylation is 1. The molecule has 0 spiro atoms. The molecule has 0 radical (unpaired) electrons. The van der Waals surface area contributed by atoms with Crippen molar-refractivity contribution >= 4 is 11.3 Å². The van der Waals surface area contributed by atoms with Gasteiger partial charge in [0.25, 0.3) is 0 Å². The quantitative estimate of drug-likeness (QED) is 0.854. The van der Waals surface area contributed by atoms with Crippen molar-refractivity contribution in [2.45, 2.75) is 58.9 Å². The Morgan fingerprint density at radius 1 is 1.33 bits per heavy atom. The van der Waals surface area contributed by atoms with E-state index in [1.807, 2.05) is 0 Å². The SMILES string of the molecule is CCNC(Cc1nc(C(C)(C)C)cs1)c1ccoc1CC. The molecule has 21 heavy (non-hydrogen) atoms. The first-order valence-corrected chi connectivity index (χ1v) is 8.58. The molecule has 4 heteroatoms. The van der Waals surface area contributed by atoms with Gasteiger partial charge in [0.2, 0.25) is 0 Å². The van der Waals surface area contributed by atoms with E-state index in [9.17, 15) is 0 Å². The molecule has 1 unspecified atom stereocenters. The zero-order chi connectivity index (χ0) is 15.5. The number of hydrogen-bond donors (Lipinski definition) is 1. The van der Waals surface area contributed by atoms with E-state index in [1.54, 1.807) is 17.6 Å². The van der Waals surface area contributed by atoms with Crippen molar-refractivity contribution in [2.75, 3.05) is 6.54 Å². The van der Waals surface area contributed by atoms with Gasteiger partial charge in [-0.05, 0) is 12.6 Å². The molecule has 1 atom stereocenters. The highest BCUT2D eigenvalue weighted by molar-refractivity contribution is 7.09. The van der Waals surface area contributed by atoms with Gasteiger partial charge in [-0.15, -0.1) is 11.3 Å². The van der Waals surface area contributed by atoms with Crippen LogP contribution in [0.3, 0.4) is 0 Å². The van der Waals surface area contributed by atoms with Crippen molar-refractivity contribution in [3.8, 4) is 0 Å². The van der Waals surface area contributed by atoms with Crippen molar-refractivity contribution in [3.63, 3.8) is 0 Å². The summed E-state index contributed by atoms with van der Waals surface area (Å²) in [5.74, 6) is 1.08. The second kappa shape index (κ2) is 6.75. The summed E-state index contributed by atoms with van der Waals surface area (Å²) in [5, 5.41) is 6.94. The fourth-order valence-electron chi connectivity index (χ4n) is 2.41. The summed E-state index contributed by atoms with van der Waals surface area (Å²) >= 11 is 1.76. The van der Waals surface area contributed by atoms with Crippen molar-refractivity contribution in [3.05, 3.63) is 39.7 Å². The average Bonchev–Trinajstić information content (AvgIpc) is 3.05. The molecule has 2 rings (SSSR count). The molecule has 0 fully saturated rings. The van der Waals surface area contributed by atoms with Crippen molar-refractivity contribution in [1.29, 1.82) is 0 Å². The van der Waals surface area contributed by atoms with E-state index in [2.05, 4.69) is 51.4 Å². The zero-order valence-electron chi connectivity index (χ0n) is 13.7. The van der Waals surface area contributed by atoms with Crippen LogP contribution < -0.4 is 5.32 Å². The van der Waals surface area contributed by atoms with Gasteiger partial charge < -0.3 is 9.73 Å². The molecule has 2 aromatic rings. The lowest BCUT2D eigenvalue weighted by Gasteiger charge is -2.17. The molecule has 1 N–H and O–H groups in total. The minimum absolute atomic E-state index is 0.118. The predicted molar refractivity (Wildman–Crippen MR) is 89.0 cm³/mol. The second-order valence-corrected chi connectivity index (χ2v) is 7.29. The minimum Gasteiger partial charge on any atom is -0.469 e. The lowest BCUT2D eigenvalue weighted by atomic mass is 9.93. The highest BCUT2D eigenvalue weighted by Crippen LogP contribution is 2.28.